The molecule has 0 aliphatic carbocycles. The van der Waals surface area contributed by atoms with Gasteiger partial charge in [0, 0.05) is 11.0 Å². The van der Waals surface area contributed by atoms with Gasteiger partial charge in [0.15, 0.2) is 0 Å². The Bertz CT molecular complexity index is 419. The molecule has 1 amide bonds. The molecule has 18 heavy (non-hydrogen) atoms. The zero-order chi connectivity index (χ0) is 13.0. The van der Waals surface area contributed by atoms with E-state index in [0.717, 1.165) is 16.6 Å². The summed E-state index contributed by atoms with van der Waals surface area (Å²) in [5, 5.41) is 6.14. The van der Waals surface area contributed by atoms with E-state index in [9.17, 15) is 4.79 Å². The number of ether oxygens (including phenoxy) is 1. The van der Waals surface area contributed by atoms with Gasteiger partial charge in [-0.1, -0.05) is 34.1 Å². The minimum atomic E-state index is -0.247. The minimum Gasteiger partial charge on any atom is -0.378 e. The van der Waals surface area contributed by atoms with Crippen molar-refractivity contribution in [3.8, 4) is 0 Å². The second-order valence-corrected chi connectivity index (χ2v) is 5.19. The van der Waals surface area contributed by atoms with Crippen LogP contribution >= 0.6 is 15.9 Å². The first kappa shape index (κ1) is 13.5. The van der Waals surface area contributed by atoms with Crippen molar-refractivity contribution in [2.45, 2.75) is 19.0 Å². The lowest BCUT2D eigenvalue weighted by atomic mass is 10.1. The molecule has 1 aliphatic rings. The van der Waals surface area contributed by atoms with Crippen molar-refractivity contribution in [3.63, 3.8) is 0 Å². The van der Waals surface area contributed by atoms with Gasteiger partial charge in [-0.15, -0.1) is 0 Å². The van der Waals surface area contributed by atoms with Crippen molar-refractivity contribution in [2.75, 3.05) is 19.8 Å². The predicted octanol–water partition coefficient (Wildman–Crippen LogP) is 1.61. The smallest absolute Gasteiger partial charge is 0.240 e. The summed E-state index contributed by atoms with van der Waals surface area (Å²) in [6.45, 7) is 3.81. The van der Waals surface area contributed by atoms with Crippen LogP contribution in [0, 0.1) is 0 Å². The van der Waals surface area contributed by atoms with E-state index in [-0.39, 0.29) is 18.0 Å². The van der Waals surface area contributed by atoms with Gasteiger partial charge in [-0.05, 0) is 18.6 Å². The van der Waals surface area contributed by atoms with Gasteiger partial charge in [-0.3, -0.25) is 4.79 Å². The average Bonchev–Trinajstić information content (AvgIpc) is 2.40. The van der Waals surface area contributed by atoms with Crippen LogP contribution in [0.3, 0.4) is 0 Å². The van der Waals surface area contributed by atoms with Crippen molar-refractivity contribution >= 4 is 21.8 Å². The van der Waals surface area contributed by atoms with Gasteiger partial charge < -0.3 is 15.4 Å². The van der Waals surface area contributed by atoms with E-state index in [1.165, 1.54) is 0 Å². The SMILES string of the molecule is C[C@@H](NC(=O)C1COCCN1)c1ccccc1Br. The van der Waals surface area contributed by atoms with Gasteiger partial charge in [0.2, 0.25) is 5.91 Å². The molecule has 0 saturated carbocycles. The Morgan fingerprint density at radius 2 is 2.33 bits per heavy atom. The van der Waals surface area contributed by atoms with E-state index in [2.05, 4.69) is 26.6 Å². The normalized spacial score (nSPS) is 21.3. The van der Waals surface area contributed by atoms with Crippen LogP contribution in [-0.2, 0) is 9.53 Å². The van der Waals surface area contributed by atoms with Gasteiger partial charge in [0.05, 0.1) is 19.3 Å². The summed E-state index contributed by atoms with van der Waals surface area (Å²) in [6, 6.07) is 7.61. The standard InChI is InChI=1S/C13H17BrN2O2/c1-9(10-4-2-3-5-11(10)14)16-13(17)12-8-18-7-6-15-12/h2-5,9,12,15H,6-8H2,1H3,(H,16,17)/t9-,12?/m1/s1. The van der Waals surface area contributed by atoms with Gasteiger partial charge >= 0.3 is 0 Å². The summed E-state index contributed by atoms with van der Waals surface area (Å²) in [5.41, 5.74) is 1.07. The molecule has 2 rings (SSSR count). The number of hydrogen-bond acceptors (Lipinski definition) is 3. The Balaban J connectivity index is 1.96. The fraction of sp³-hybridized carbons (Fsp3) is 0.462. The summed E-state index contributed by atoms with van der Waals surface area (Å²) >= 11 is 3.49. The van der Waals surface area contributed by atoms with Gasteiger partial charge in [-0.25, -0.2) is 0 Å². The lowest BCUT2D eigenvalue weighted by Crippen LogP contribution is -2.51. The van der Waals surface area contributed by atoms with Crippen LogP contribution < -0.4 is 10.6 Å². The third-order valence-corrected chi connectivity index (χ3v) is 3.69. The van der Waals surface area contributed by atoms with Crippen LogP contribution in [0.25, 0.3) is 0 Å². The Morgan fingerprint density at radius 3 is 3.00 bits per heavy atom. The number of amides is 1. The zero-order valence-corrected chi connectivity index (χ0v) is 11.9. The largest absolute Gasteiger partial charge is 0.378 e. The van der Waals surface area contributed by atoms with E-state index in [4.69, 9.17) is 4.74 Å². The van der Waals surface area contributed by atoms with Gasteiger partial charge in [0.1, 0.15) is 6.04 Å². The van der Waals surface area contributed by atoms with Crippen LogP contribution in [0.2, 0.25) is 0 Å². The Kier molecular flexibility index (Phi) is 4.74. The lowest BCUT2D eigenvalue weighted by molar-refractivity contribution is -0.126. The Morgan fingerprint density at radius 1 is 1.56 bits per heavy atom. The lowest BCUT2D eigenvalue weighted by Gasteiger charge is -2.25. The van der Waals surface area contributed by atoms with Crippen LogP contribution in [0.5, 0.6) is 0 Å². The maximum Gasteiger partial charge on any atom is 0.240 e. The maximum atomic E-state index is 12.0. The molecule has 1 saturated heterocycles. The molecule has 0 radical (unpaired) electrons. The molecular formula is C13H17BrN2O2. The number of carbonyl (C=O) groups is 1. The molecule has 2 atom stereocenters. The number of morpholine rings is 1. The van der Waals surface area contributed by atoms with Crippen molar-refractivity contribution in [3.05, 3.63) is 34.3 Å². The molecule has 0 aromatic heterocycles. The second-order valence-electron chi connectivity index (χ2n) is 4.33. The number of rotatable bonds is 3. The summed E-state index contributed by atoms with van der Waals surface area (Å²) in [4.78, 5) is 12.0. The highest BCUT2D eigenvalue weighted by atomic mass is 79.9. The Hall–Kier alpha value is -0.910. The number of halogens is 1. The first-order chi connectivity index (χ1) is 8.68. The molecule has 98 valence electrons. The third kappa shape index (κ3) is 3.31. The van der Waals surface area contributed by atoms with Crippen LogP contribution in [0.15, 0.2) is 28.7 Å². The third-order valence-electron chi connectivity index (χ3n) is 2.97. The number of carbonyl (C=O) groups excluding carboxylic acids is 1. The predicted molar refractivity (Wildman–Crippen MR) is 73.3 cm³/mol. The van der Waals surface area contributed by atoms with E-state index >= 15 is 0 Å². The van der Waals surface area contributed by atoms with Gasteiger partial charge in [0.25, 0.3) is 0 Å². The highest BCUT2D eigenvalue weighted by Gasteiger charge is 2.23. The molecular weight excluding hydrogens is 296 g/mol. The van der Waals surface area contributed by atoms with Crippen molar-refractivity contribution in [2.24, 2.45) is 0 Å². The summed E-state index contributed by atoms with van der Waals surface area (Å²) in [6.07, 6.45) is 0. The van der Waals surface area contributed by atoms with Crippen LogP contribution in [0.1, 0.15) is 18.5 Å². The van der Waals surface area contributed by atoms with E-state index in [1.807, 2.05) is 31.2 Å². The quantitative estimate of drug-likeness (QED) is 0.891. The van der Waals surface area contributed by atoms with E-state index < -0.39 is 0 Å². The molecule has 1 fully saturated rings. The number of benzene rings is 1. The molecule has 0 bridgehead atoms. The molecule has 5 heteroatoms. The fourth-order valence-corrected chi connectivity index (χ4v) is 2.58. The molecule has 1 aliphatic heterocycles. The van der Waals surface area contributed by atoms with Crippen molar-refractivity contribution in [1.82, 2.24) is 10.6 Å². The van der Waals surface area contributed by atoms with Crippen LogP contribution in [0.4, 0.5) is 0 Å². The van der Waals surface area contributed by atoms with Crippen molar-refractivity contribution < 1.29 is 9.53 Å². The van der Waals surface area contributed by atoms with E-state index in [0.29, 0.717) is 13.2 Å². The molecule has 1 heterocycles. The van der Waals surface area contributed by atoms with Crippen LogP contribution in [-0.4, -0.2) is 31.7 Å². The molecule has 0 spiro atoms. The summed E-state index contributed by atoms with van der Waals surface area (Å²) in [7, 11) is 0. The maximum absolute atomic E-state index is 12.0. The van der Waals surface area contributed by atoms with Gasteiger partial charge in [-0.2, -0.15) is 0 Å². The summed E-state index contributed by atoms with van der Waals surface area (Å²) in [5.74, 6) is -0.0158. The number of hydrogen-bond donors (Lipinski definition) is 2. The van der Waals surface area contributed by atoms with Crippen molar-refractivity contribution in [1.29, 1.82) is 0 Å². The highest BCUT2D eigenvalue weighted by Crippen LogP contribution is 2.22. The van der Waals surface area contributed by atoms with E-state index in [1.54, 1.807) is 0 Å². The molecule has 1 aromatic carbocycles. The minimum absolute atomic E-state index is 0.0158. The Labute approximate surface area is 115 Å². The molecule has 2 N–H and O–H groups in total. The average molecular weight is 313 g/mol. The first-order valence-electron chi connectivity index (χ1n) is 6.04. The number of nitrogens with one attached hydrogen (secondary N) is 2. The monoisotopic (exact) mass is 312 g/mol. The molecule has 1 aromatic rings. The second kappa shape index (κ2) is 6.31. The topological polar surface area (TPSA) is 50.4 Å². The molecule has 4 nitrogen and oxygen atoms in total. The highest BCUT2D eigenvalue weighted by molar-refractivity contribution is 9.10. The zero-order valence-electron chi connectivity index (χ0n) is 10.3. The fourth-order valence-electron chi connectivity index (χ4n) is 1.95. The summed E-state index contributed by atoms with van der Waals surface area (Å²) < 4.78 is 6.29. The first-order valence-corrected chi connectivity index (χ1v) is 6.83. The molecule has 1 unspecified atom stereocenters.